The van der Waals surface area contributed by atoms with Crippen molar-refractivity contribution in [1.82, 2.24) is 5.32 Å². The minimum atomic E-state index is -0.624. The molecule has 0 heterocycles. The van der Waals surface area contributed by atoms with Crippen molar-refractivity contribution < 1.29 is 9.90 Å². The van der Waals surface area contributed by atoms with Gasteiger partial charge in [-0.2, -0.15) is 0 Å². The molecule has 21 heavy (non-hydrogen) atoms. The molecule has 0 saturated heterocycles. The quantitative estimate of drug-likeness (QED) is 0.837. The van der Waals surface area contributed by atoms with Gasteiger partial charge in [0.05, 0.1) is 5.92 Å². The summed E-state index contributed by atoms with van der Waals surface area (Å²) < 4.78 is 0. The molecule has 1 aliphatic rings. The first kappa shape index (κ1) is 16.0. The SMILES string of the molecule is CCc1ccc(C(C)NCC2CCCCC2C(=O)O)cc1. The van der Waals surface area contributed by atoms with Gasteiger partial charge in [0.2, 0.25) is 0 Å². The maximum Gasteiger partial charge on any atom is 0.306 e. The number of carbonyl (C=O) groups is 1. The number of rotatable bonds is 6. The number of hydrogen-bond donors (Lipinski definition) is 2. The summed E-state index contributed by atoms with van der Waals surface area (Å²) in [6.07, 6.45) is 5.15. The normalized spacial score (nSPS) is 23.7. The van der Waals surface area contributed by atoms with E-state index in [2.05, 4.69) is 43.4 Å². The fraction of sp³-hybridized carbons (Fsp3) is 0.611. The Labute approximate surface area is 127 Å². The number of carboxylic acids is 1. The van der Waals surface area contributed by atoms with Crippen molar-refractivity contribution in [2.75, 3.05) is 6.54 Å². The minimum absolute atomic E-state index is 0.166. The number of nitrogens with one attached hydrogen (secondary N) is 1. The Morgan fingerprint density at radius 3 is 2.57 bits per heavy atom. The van der Waals surface area contributed by atoms with Crippen LogP contribution in [0.1, 0.15) is 56.7 Å². The smallest absolute Gasteiger partial charge is 0.306 e. The van der Waals surface area contributed by atoms with Crippen LogP contribution in [0, 0.1) is 11.8 Å². The van der Waals surface area contributed by atoms with E-state index in [1.807, 2.05) is 0 Å². The largest absolute Gasteiger partial charge is 0.481 e. The van der Waals surface area contributed by atoms with Crippen LogP contribution in [0.4, 0.5) is 0 Å². The summed E-state index contributed by atoms with van der Waals surface area (Å²) in [4.78, 5) is 11.3. The average Bonchev–Trinajstić information content (AvgIpc) is 2.52. The van der Waals surface area contributed by atoms with Gasteiger partial charge in [-0.25, -0.2) is 0 Å². The molecule has 1 saturated carbocycles. The van der Waals surface area contributed by atoms with Crippen molar-refractivity contribution in [1.29, 1.82) is 0 Å². The van der Waals surface area contributed by atoms with E-state index in [0.29, 0.717) is 0 Å². The van der Waals surface area contributed by atoms with E-state index in [9.17, 15) is 9.90 Å². The van der Waals surface area contributed by atoms with E-state index in [-0.39, 0.29) is 17.9 Å². The second kappa shape index (κ2) is 7.60. The number of carboxylic acid groups (broad SMARTS) is 1. The fourth-order valence-corrected chi connectivity index (χ4v) is 3.27. The number of aliphatic carboxylic acids is 1. The van der Waals surface area contributed by atoms with Gasteiger partial charge in [0, 0.05) is 6.04 Å². The van der Waals surface area contributed by atoms with E-state index >= 15 is 0 Å². The molecule has 1 fully saturated rings. The summed E-state index contributed by atoms with van der Waals surface area (Å²) in [5.74, 6) is -0.518. The summed E-state index contributed by atoms with van der Waals surface area (Å²) >= 11 is 0. The van der Waals surface area contributed by atoms with Crippen LogP contribution in [0.15, 0.2) is 24.3 Å². The fourth-order valence-electron chi connectivity index (χ4n) is 3.27. The van der Waals surface area contributed by atoms with Gasteiger partial charge in [0.15, 0.2) is 0 Å². The third-order valence-electron chi connectivity index (χ3n) is 4.80. The first-order valence-electron chi connectivity index (χ1n) is 8.16. The number of aryl methyl sites for hydroxylation is 1. The molecule has 0 amide bonds. The van der Waals surface area contributed by atoms with E-state index < -0.39 is 5.97 Å². The van der Waals surface area contributed by atoms with Gasteiger partial charge in [0.1, 0.15) is 0 Å². The van der Waals surface area contributed by atoms with Gasteiger partial charge in [-0.05, 0) is 49.8 Å². The Hall–Kier alpha value is -1.35. The van der Waals surface area contributed by atoms with Crippen LogP contribution in [-0.4, -0.2) is 17.6 Å². The molecular weight excluding hydrogens is 262 g/mol. The van der Waals surface area contributed by atoms with Crippen LogP contribution in [0.25, 0.3) is 0 Å². The third-order valence-corrected chi connectivity index (χ3v) is 4.80. The van der Waals surface area contributed by atoms with E-state index in [1.165, 1.54) is 11.1 Å². The molecule has 0 aliphatic heterocycles. The molecule has 2 N–H and O–H groups in total. The lowest BCUT2D eigenvalue weighted by Crippen LogP contribution is -2.35. The summed E-state index contributed by atoms with van der Waals surface area (Å²) in [5.41, 5.74) is 2.62. The highest BCUT2D eigenvalue weighted by molar-refractivity contribution is 5.70. The molecule has 0 aromatic heterocycles. The van der Waals surface area contributed by atoms with Crippen LogP contribution in [0.2, 0.25) is 0 Å². The van der Waals surface area contributed by atoms with Gasteiger partial charge in [-0.3, -0.25) is 4.79 Å². The maximum atomic E-state index is 11.3. The summed E-state index contributed by atoms with van der Waals surface area (Å²) in [5, 5.41) is 12.8. The lowest BCUT2D eigenvalue weighted by Gasteiger charge is -2.30. The van der Waals surface area contributed by atoms with Crippen molar-refractivity contribution in [3.63, 3.8) is 0 Å². The summed E-state index contributed by atoms with van der Waals surface area (Å²) in [6, 6.07) is 8.97. The molecular formula is C18H27NO2. The van der Waals surface area contributed by atoms with Crippen LogP contribution in [-0.2, 0) is 11.2 Å². The highest BCUT2D eigenvalue weighted by Gasteiger charge is 2.30. The maximum absolute atomic E-state index is 11.3. The standard InChI is InChI=1S/C18H27NO2/c1-3-14-8-10-15(11-9-14)13(2)19-12-16-6-4-5-7-17(16)18(20)21/h8-11,13,16-17,19H,3-7,12H2,1-2H3,(H,20,21). The van der Waals surface area contributed by atoms with Crippen LogP contribution >= 0.6 is 0 Å². The molecule has 0 radical (unpaired) electrons. The topological polar surface area (TPSA) is 49.3 Å². The Morgan fingerprint density at radius 1 is 1.29 bits per heavy atom. The second-order valence-corrected chi connectivity index (χ2v) is 6.21. The lowest BCUT2D eigenvalue weighted by molar-refractivity contribution is -0.144. The lowest BCUT2D eigenvalue weighted by atomic mass is 9.79. The van der Waals surface area contributed by atoms with Crippen LogP contribution in [0.5, 0.6) is 0 Å². The zero-order valence-electron chi connectivity index (χ0n) is 13.1. The Balaban J connectivity index is 1.89. The van der Waals surface area contributed by atoms with Gasteiger partial charge in [-0.1, -0.05) is 44.0 Å². The zero-order chi connectivity index (χ0) is 15.2. The molecule has 3 unspecified atom stereocenters. The molecule has 2 rings (SSSR count). The van der Waals surface area contributed by atoms with E-state index in [1.54, 1.807) is 0 Å². The number of hydrogen-bond acceptors (Lipinski definition) is 2. The predicted octanol–water partition coefficient (Wildman–Crippen LogP) is 3.79. The second-order valence-electron chi connectivity index (χ2n) is 6.21. The highest BCUT2D eigenvalue weighted by Crippen LogP contribution is 2.30. The van der Waals surface area contributed by atoms with Gasteiger partial charge >= 0.3 is 5.97 Å². The van der Waals surface area contributed by atoms with Gasteiger partial charge in [-0.15, -0.1) is 0 Å². The van der Waals surface area contributed by atoms with Gasteiger partial charge in [0.25, 0.3) is 0 Å². The van der Waals surface area contributed by atoms with E-state index in [4.69, 9.17) is 0 Å². The zero-order valence-corrected chi connectivity index (χ0v) is 13.1. The van der Waals surface area contributed by atoms with Crippen molar-refractivity contribution in [2.45, 2.75) is 52.0 Å². The molecule has 3 atom stereocenters. The Bertz CT molecular complexity index is 455. The Kier molecular flexibility index (Phi) is 5.80. The summed E-state index contributed by atoms with van der Waals surface area (Å²) in [6.45, 7) is 5.11. The van der Waals surface area contributed by atoms with Crippen LogP contribution < -0.4 is 5.32 Å². The molecule has 3 heteroatoms. The average molecular weight is 289 g/mol. The first-order chi connectivity index (χ1) is 10.1. The predicted molar refractivity (Wildman–Crippen MR) is 85.3 cm³/mol. The monoisotopic (exact) mass is 289 g/mol. The third kappa shape index (κ3) is 4.31. The molecule has 116 valence electrons. The molecule has 0 bridgehead atoms. The molecule has 1 aromatic carbocycles. The van der Waals surface area contributed by atoms with Crippen molar-refractivity contribution in [2.24, 2.45) is 11.8 Å². The van der Waals surface area contributed by atoms with Crippen LogP contribution in [0.3, 0.4) is 0 Å². The molecule has 0 spiro atoms. The molecule has 3 nitrogen and oxygen atoms in total. The first-order valence-corrected chi connectivity index (χ1v) is 8.16. The van der Waals surface area contributed by atoms with E-state index in [0.717, 1.165) is 38.6 Å². The van der Waals surface area contributed by atoms with Crippen molar-refractivity contribution >= 4 is 5.97 Å². The number of benzene rings is 1. The molecule has 1 aliphatic carbocycles. The highest BCUT2D eigenvalue weighted by atomic mass is 16.4. The van der Waals surface area contributed by atoms with Gasteiger partial charge < -0.3 is 10.4 Å². The van der Waals surface area contributed by atoms with Crippen molar-refractivity contribution in [3.05, 3.63) is 35.4 Å². The van der Waals surface area contributed by atoms with Crippen molar-refractivity contribution in [3.8, 4) is 0 Å². The Morgan fingerprint density at radius 2 is 1.95 bits per heavy atom. The molecule has 1 aromatic rings. The summed E-state index contributed by atoms with van der Waals surface area (Å²) in [7, 11) is 0. The minimum Gasteiger partial charge on any atom is -0.481 e.